The predicted octanol–water partition coefficient (Wildman–Crippen LogP) is 3.56. The highest BCUT2D eigenvalue weighted by Gasteiger charge is 2.17. The van der Waals surface area contributed by atoms with Gasteiger partial charge < -0.3 is 20.2 Å². The first kappa shape index (κ1) is 18.8. The second-order valence-electron chi connectivity index (χ2n) is 6.30. The first-order chi connectivity index (χ1) is 12.0. The van der Waals surface area contributed by atoms with Gasteiger partial charge in [-0.3, -0.25) is 0 Å². The van der Waals surface area contributed by atoms with Crippen molar-refractivity contribution in [3.05, 3.63) is 60.2 Å². The molecular weight excluding hydrogens is 314 g/mol. The molecule has 2 aromatic carbocycles. The quantitative estimate of drug-likeness (QED) is 0.810. The number of amides is 2. The van der Waals surface area contributed by atoms with Gasteiger partial charge in [0, 0.05) is 38.6 Å². The van der Waals surface area contributed by atoms with Crippen LogP contribution in [0.4, 0.5) is 16.2 Å². The summed E-state index contributed by atoms with van der Waals surface area (Å²) in [7, 11) is 3.95. The SMILES string of the molecule is CCC(O)CN(Cc1ccccc1)C(=O)Nc1ccc(N(C)C)cc1. The monoisotopic (exact) mass is 341 g/mol. The molecule has 0 heterocycles. The van der Waals surface area contributed by atoms with Gasteiger partial charge in [0.15, 0.2) is 0 Å². The molecule has 1 unspecified atom stereocenters. The zero-order chi connectivity index (χ0) is 18.2. The summed E-state index contributed by atoms with van der Waals surface area (Å²) >= 11 is 0. The molecule has 0 aliphatic rings. The van der Waals surface area contributed by atoms with Crippen LogP contribution in [0.15, 0.2) is 54.6 Å². The molecular formula is C20H27N3O2. The van der Waals surface area contributed by atoms with Crippen LogP contribution in [0, 0.1) is 0 Å². The molecule has 0 bridgehead atoms. The second kappa shape index (κ2) is 9.08. The first-order valence-corrected chi connectivity index (χ1v) is 8.55. The van der Waals surface area contributed by atoms with Crippen LogP contribution >= 0.6 is 0 Å². The minimum atomic E-state index is -0.537. The molecule has 2 aromatic rings. The summed E-state index contributed by atoms with van der Waals surface area (Å²) < 4.78 is 0. The minimum Gasteiger partial charge on any atom is -0.391 e. The molecule has 2 amide bonds. The Bertz CT molecular complexity index is 656. The lowest BCUT2D eigenvalue weighted by atomic mass is 10.2. The van der Waals surface area contributed by atoms with Crippen LogP contribution in [0.3, 0.4) is 0 Å². The van der Waals surface area contributed by atoms with E-state index < -0.39 is 6.10 Å². The van der Waals surface area contributed by atoms with Crippen molar-refractivity contribution < 1.29 is 9.90 Å². The Morgan fingerprint density at radius 3 is 2.28 bits per heavy atom. The average Bonchev–Trinajstić information content (AvgIpc) is 2.62. The van der Waals surface area contributed by atoms with Crippen LogP contribution in [0.1, 0.15) is 18.9 Å². The van der Waals surface area contributed by atoms with E-state index in [2.05, 4.69) is 5.32 Å². The molecule has 5 nitrogen and oxygen atoms in total. The van der Waals surface area contributed by atoms with Crippen molar-refractivity contribution in [1.29, 1.82) is 0 Å². The van der Waals surface area contributed by atoms with Crippen LogP contribution in [-0.4, -0.2) is 42.8 Å². The second-order valence-corrected chi connectivity index (χ2v) is 6.30. The summed E-state index contributed by atoms with van der Waals surface area (Å²) in [5, 5.41) is 12.9. The van der Waals surface area contributed by atoms with E-state index in [1.807, 2.05) is 80.5 Å². The zero-order valence-corrected chi connectivity index (χ0v) is 15.1. The Morgan fingerprint density at radius 1 is 1.08 bits per heavy atom. The number of nitrogens with zero attached hydrogens (tertiary/aromatic N) is 2. The van der Waals surface area contributed by atoms with Crippen molar-refractivity contribution in [2.75, 3.05) is 30.9 Å². The number of hydrogen-bond acceptors (Lipinski definition) is 3. The van der Waals surface area contributed by atoms with E-state index >= 15 is 0 Å². The highest BCUT2D eigenvalue weighted by Crippen LogP contribution is 2.17. The van der Waals surface area contributed by atoms with Crippen LogP contribution < -0.4 is 10.2 Å². The molecule has 5 heteroatoms. The molecule has 0 fully saturated rings. The van der Waals surface area contributed by atoms with E-state index in [1.165, 1.54) is 0 Å². The molecule has 0 aromatic heterocycles. The molecule has 2 rings (SSSR count). The van der Waals surface area contributed by atoms with Gasteiger partial charge in [0.1, 0.15) is 0 Å². The Hall–Kier alpha value is -2.53. The molecule has 1 atom stereocenters. The van der Waals surface area contributed by atoms with Gasteiger partial charge in [-0.05, 0) is 36.2 Å². The van der Waals surface area contributed by atoms with Gasteiger partial charge in [-0.2, -0.15) is 0 Å². The van der Waals surface area contributed by atoms with Gasteiger partial charge in [0.2, 0.25) is 0 Å². The average molecular weight is 341 g/mol. The van der Waals surface area contributed by atoms with Crippen LogP contribution in [-0.2, 0) is 6.54 Å². The summed E-state index contributed by atoms with van der Waals surface area (Å²) in [5.41, 5.74) is 2.84. The number of rotatable bonds is 7. The maximum absolute atomic E-state index is 12.7. The van der Waals surface area contributed by atoms with E-state index in [0.29, 0.717) is 19.5 Å². The highest BCUT2D eigenvalue weighted by atomic mass is 16.3. The van der Waals surface area contributed by atoms with Crippen molar-refractivity contribution >= 4 is 17.4 Å². The third-order valence-corrected chi connectivity index (χ3v) is 4.04. The van der Waals surface area contributed by atoms with Crippen LogP contribution in [0.2, 0.25) is 0 Å². The number of aliphatic hydroxyl groups is 1. The molecule has 25 heavy (non-hydrogen) atoms. The molecule has 0 radical (unpaired) electrons. The third kappa shape index (κ3) is 5.80. The summed E-state index contributed by atoms with van der Waals surface area (Å²) in [6.45, 7) is 2.66. The highest BCUT2D eigenvalue weighted by molar-refractivity contribution is 5.89. The number of anilines is 2. The standard InChI is InChI=1S/C20H27N3O2/c1-4-19(24)15-23(14-16-8-6-5-7-9-16)20(25)21-17-10-12-18(13-11-17)22(2)3/h5-13,19,24H,4,14-15H2,1-3H3,(H,21,25). The maximum atomic E-state index is 12.7. The van der Waals surface area contributed by atoms with Crippen molar-refractivity contribution in [2.45, 2.75) is 26.0 Å². The number of urea groups is 1. The van der Waals surface area contributed by atoms with Gasteiger partial charge in [-0.25, -0.2) is 4.79 Å². The number of carbonyl (C=O) groups is 1. The number of nitrogens with one attached hydrogen (secondary N) is 1. The van der Waals surface area contributed by atoms with E-state index in [0.717, 1.165) is 16.9 Å². The lowest BCUT2D eigenvalue weighted by Crippen LogP contribution is -2.39. The van der Waals surface area contributed by atoms with E-state index in [-0.39, 0.29) is 6.03 Å². The lowest BCUT2D eigenvalue weighted by Gasteiger charge is -2.25. The maximum Gasteiger partial charge on any atom is 0.322 e. The molecule has 0 spiro atoms. The Balaban J connectivity index is 2.08. The van der Waals surface area contributed by atoms with Gasteiger partial charge in [0.05, 0.1) is 6.10 Å². The summed E-state index contributed by atoms with van der Waals surface area (Å²) in [4.78, 5) is 16.3. The van der Waals surface area contributed by atoms with E-state index in [9.17, 15) is 9.90 Å². The van der Waals surface area contributed by atoms with Crippen molar-refractivity contribution in [1.82, 2.24) is 4.90 Å². The normalized spacial score (nSPS) is 11.7. The Morgan fingerprint density at radius 2 is 1.72 bits per heavy atom. The summed E-state index contributed by atoms with van der Waals surface area (Å²) in [5.74, 6) is 0. The number of aliphatic hydroxyl groups excluding tert-OH is 1. The minimum absolute atomic E-state index is 0.214. The molecule has 0 saturated carbocycles. The first-order valence-electron chi connectivity index (χ1n) is 8.55. The fourth-order valence-corrected chi connectivity index (χ4v) is 2.45. The summed E-state index contributed by atoms with van der Waals surface area (Å²) in [6.07, 6.45) is 0.0707. The van der Waals surface area contributed by atoms with E-state index in [4.69, 9.17) is 0 Å². The van der Waals surface area contributed by atoms with Crippen molar-refractivity contribution in [3.8, 4) is 0 Å². The fourth-order valence-electron chi connectivity index (χ4n) is 2.45. The predicted molar refractivity (Wildman–Crippen MR) is 103 cm³/mol. The number of benzene rings is 2. The van der Waals surface area contributed by atoms with Crippen molar-refractivity contribution in [2.24, 2.45) is 0 Å². The largest absolute Gasteiger partial charge is 0.391 e. The van der Waals surface area contributed by atoms with Crippen LogP contribution in [0.5, 0.6) is 0 Å². The molecule has 0 aliphatic carbocycles. The molecule has 2 N–H and O–H groups in total. The lowest BCUT2D eigenvalue weighted by molar-refractivity contribution is 0.119. The molecule has 0 saturated heterocycles. The third-order valence-electron chi connectivity index (χ3n) is 4.04. The van der Waals surface area contributed by atoms with Gasteiger partial charge in [-0.1, -0.05) is 37.3 Å². The zero-order valence-electron chi connectivity index (χ0n) is 15.1. The number of hydrogen-bond donors (Lipinski definition) is 2. The van der Waals surface area contributed by atoms with Gasteiger partial charge in [0.25, 0.3) is 0 Å². The van der Waals surface area contributed by atoms with Crippen LogP contribution in [0.25, 0.3) is 0 Å². The number of carbonyl (C=O) groups excluding carboxylic acids is 1. The topological polar surface area (TPSA) is 55.8 Å². The van der Waals surface area contributed by atoms with Gasteiger partial charge in [-0.15, -0.1) is 0 Å². The Labute approximate surface area is 149 Å². The van der Waals surface area contributed by atoms with Gasteiger partial charge >= 0.3 is 6.03 Å². The van der Waals surface area contributed by atoms with E-state index in [1.54, 1.807) is 4.90 Å². The molecule has 134 valence electrons. The van der Waals surface area contributed by atoms with Crippen molar-refractivity contribution in [3.63, 3.8) is 0 Å². The fraction of sp³-hybridized carbons (Fsp3) is 0.350. The summed E-state index contributed by atoms with van der Waals surface area (Å²) in [6, 6.07) is 17.2. The molecule has 0 aliphatic heterocycles. The smallest absolute Gasteiger partial charge is 0.322 e. The Kier molecular flexibility index (Phi) is 6.83.